The number of benzene rings is 1. The van der Waals surface area contributed by atoms with Gasteiger partial charge in [0.05, 0.1) is 7.11 Å². The molecule has 0 aromatic heterocycles. The first-order chi connectivity index (χ1) is 6.54. The van der Waals surface area contributed by atoms with Crippen molar-refractivity contribution in [2.45, 2.75) is 13.3 Å². The maximum atomic E-state index is 9.74. The molecule has 3 heteroatoms. The van der Waals surface area contributed by atoms with Gasteiger partial charge in [0.25, 0.3) is 0 Å². The van der Waals surface area contributed by atoms with E-state index in [-0.39, 0.29) is 5.75 Å². The molecule has 1 aromatic carbocycles. The lowest BCUT2D eigenvalue weighted by Crippen LogP contribution is -1.91. The quantitative estimate of drug-likeness (QED) is 0.780. The number of rotatable bonds is 3. The van der Waals surface area contributed by atoms with Gasteiger partial charge in [-0.25, -0.2) is 0 Å². The second-order valence-electron chi connectivity index (χ2n) is 3.25. The minimum Gasteiger partial charge on any atom is -0.504 e. The van der Waals surface area contributed by atoms with Crippen LogP contribution in [0, 0.1) is 0 Å². The third-order valence-corrected chi connectivity index (χ3v) is 2.05. The van der Waals surface area contributed by atoms with Gasteiger partial charge in [0, 0.05) is 16.7 Å². The van der Waals surface area contributed by atoms with E-state index in [0.717, 1.165) is 11.1 Å². The second kappa shape index (κ2) is 4.38. The molecule has 0 aliphatic heterocycles. The van der Waals surface area contributed by atoms with Crippen LogP contribution in [0.5, 0.6) is 11.5 Å². The summed E-state index contributed by atoms with van der Waals surface area (Å²) in [6.07, 6.45) is 0.600. The summed E-state index contributed by atoms with van der Waals surface area (Å²) < 4.78 is 4.98. The Bertz CT molecular complexity index is 359. The predicted molar refractivity (Wildman–Crippen MR) is 58.2 cm³/mol. The van der Waals surface area contributed by atoms with Crippen LogP contribution in [-0.4, -0.2) is 12.2 Å². The first-order valence-electron chi connectivity index (χ1n) is 4.24. The highest BCUT2D eigenvalue weighted by atomic mass is 35.5. The van der Waals surface area contributed by atoms with Crippen LogP contribution in [0.25, 0.3) is 0 Å². The zero-order valence-electron chi connectivity index (χ0n) is 8.30. The van der Waals surface area contributed by atoms with Crippen molar-refractivity contribution < 1.29 is 9.84 Å². The molecule has 0 amide bonds. The molecule has 0 saturated carbocycles. The van der Waals surface area contributed by atoms with Crippen LogP contribution in [-0.2, 0) is 6.42 Å². The number of halogens is 1. The molecular weight excluding hydrogens is 200 g/mol. The van der Waals surface area contributed by atoms with Crippen molar-refractivity contribution in [2.24, 2.45) is 0 Å². The normalized spacial score (nSPS) is 9.93. The van der Waals surface area contributed by atoms with E-state index in [1.165, 1.54) is 7.11 Å². The van der Waals surface area contributed by atoms with Crippen LogP contribution in [0.15, 0.2) is 24.3 Å². The lowest BCUT2D eigenvalue weighted by Gasteiger charge is -2.09. The van der Waals surface area contributed by atoms with Crippen molar-refractivity contribution in [3.8, 4) is 11.5 Å². The van der Waals surface area contributed by atoms with E-state index in [4.69, 9.17) is 16.3 Å². The van der Waals surface area contributed by atoms with E-state index in [1.54, 1.807) is 12.1 Å². The molecule has 1 N–H and O–H groups in total. The highest BCUT2D eigenvalue weighted by molar-refractivity contribution is 6.30. The van der Waals surface area contributed by atoms with Gasteiger partial charge in [-0.1, -0.05) is 23.8 Å². The molecule has 0 heterocycles. The van der Waals surface area contributed by atoms with Crippen LogP contribution in [0.3, 0.4) is 0 Å². The third-order valence-electron chi connectivity index (χ3n) is 1.83. The van der Waals surface area contributed by atoms with Crippen molar-refractivity contribution in [1.29, 1.82) is 0 Å². The topological polar surface area (TPSA) is 29.5 Å². The SMILES string of the molecule is C=C(C)Cc1cc(Cl)cc(OC)c1O. The number of methoxy groups -OCH3 is 1. The molecule has 0 unspecified atom stereocenters. The van der Waals surface area contributed by atoms with Gasteiger partial charge >= 0.3 is 0 Å². The summed E-state index contributed by atoms with van der Waals surface area (Å²) >= 11 is 5.86. The Hall–Kier alpha value is -1.15. The second-order valence-corrected chi connectivity index (χ2v) is 3.69. The summed E-state index contributed by atoms with van der Waals surface area (Å²) in [5.41, 5.74) is 1.70. The van der Waals surface area contributed by atoms with Gasteiger partial charge in [0.1, 0.15) is 0 Å². The lowest BCUT2D eigenvalue weighted by molar-refractivity contribution is 0.371. The molecule has 76 valence electrons. The summed E-state index contributed by atoms with van der Waals surface area (Å²) in [6, 6.07) is 3.30. The van der Waals surface area contributed by atoms with Crippen LogP contribution >= 0.6 is 11.6 Å². The Morgan fingerprint density at radius 2 is 2.21 bits per heavy atom. The molecule has 0 atom stereocenters. The van der Waals surface area contributed by atoms with E-state index >= 15 is 0 Å². The zero-order valence-corrected chi connectivity index (χ0v) is 9.06. The van der Waals surface area contributed by atoms with Gasteiger partial charge < -0.3 is 9.84 Å². The minimum atomic E-state index is 0.139. The Morgan fingerprint density at radius 3 is 2.71 bits per heavy atom. The Labute approximate surface area is 88.8 Å². The van der Waals surface area contributed by atoms with Gasteiger partial charge in [-0.05, 0) is 19.4 Å². The fourth-order valence-electron chi connectivity index (χ4n) is 1.24. The molecular formula is C11H13ClO2. The van der Waals surface area contributed by atoms with E-state index < -0.39 is 0 Å². The number of aromatic hydroxyl groups is 1. The molecule has 1 rings (SSSR count). The van der Waals surface area contributed by atoms with Gasteiger partial charge in [-0.2, -0.15) is 0 Å². The molecule has 0 bridgehead atoms. The van der Waals surface area contributed by atoms with E-state index in [2.05, 4.69) is 6.58 Å². The molecule has 2 nitrogen and oxygen atoms in total. The fourth-order valence-corrected chi connectivity index (χ4v) is 1.47. The first-order valence-corrected chi connectivity index (χ1v) is 4.62. The standard InChI is InChI=1S/C11H13ClO2/c1-7(2)4-8-5-9(12)6-10(14-3)11(8)13/h5-6,13H,1,4H2,2-3H3. The molecule has 0 spiro atoms. The van der Waals surface area contributed by atoms with E-state index in [1.807, 2.05) is 6.92 Å². The summed E-state index contributed by atoms with van der Waals surface area (Å²) in [5, 5.41) is 10.3. The molecule has 0 saturated heterocycles. The number of allylic oxidation sites excluding steroid dienone is 1. The maximum absolute atomic E-state index is 9.74. The summed E-state index contributed by atoms with van der Waals surface area (Å²) in [4.78, 5) is 0. The van der Waals surface area contributed by atoms with Gasteiger partial charge in [-0.15, -0.1) is 0 Å². The number of phenolic OH excluding ortho intramolecular Hbond substituents is 1. The van der Waals surface area contributed by atoms with E-state index in [9.17, 15) is 5.11 Å². The van der Waals surface area contributed by atoms with Crippen molar-refractivity contribution in [3.05, 3.63) is 34.9 Å². The number of hydrogen-bond donors (Lipinski definition) is 1. The molecule has 0 aliphatic rings. The highest BCUT2D eigenvalue weighted by Crippen LogP contribution is 2.34. The molecule has 1 aromatic rings. The third kappa shape index (κ3) is 2.42. The number of hydrogen-bond acceptors (Lipinski definition) is 2. The Kier molecular flexibility index (Phi) is 3.42. The van der Waals surface area contributed by atoms with Gasteiger partial charge in [-0.3, -0.25) is 0 Å². The maximum Gasteiger partial charge on any atom is 0.162 e. The first kappa shape index (κ1) is 10.9. The van der Waals surface area contributed by atoms with Crippen molar-refractivity contribution in [2.75, 3.05) is 7.11 Å². The van der Waals surface area contributed by atoms with Crippen molar-refractivity contribution in [1.82, 2.24) is 0 Å². The molecule has 0 fully saturated rings. The summed E-state index contributed by atoms with van der Waals surface area (Å²) in [5.74, 6) is 0.536. The average molecular weight is 213 g/mol. The van der Waals surface area contributed by atoms with Crippen molar-refractivity contribution in [3.63, 3.8) is 0 Å². The lowest BCUT2D eigenvalue weighted by atomic mass is 10.1. The smallest absolute Gasteiger partial charge is 0.162 e. The average Bonchev–Trinajstić information content (AvgIpc) is 2.09. The van der Waals surface area contributed by atoms with Gasteiger partial charge in [0.15, 0.2) is 11.5 Å². The molecule has 0 radical (unpaired) electrons. The monoisotopic (exact) mass is 212 g/mol. The van der Waals surface area contributed by atoms with Crippen LogP contribution in [0.4, 0.5) is 0 Å². The largest absolute Gasteiger partial charge is 0.504 e. The zero-order chi connectivity index (χ0) is 10.7. The fraction of sp³-hybridized carbons (Fsp3) is 0.273. The van der Waals surface area contributed by atoms with Crippen LogP contribution in [0.2, 0.25) is 5.02 Å². The summed E-state index contributed by atoms with van der Waals surface area (Å²) in [6.45, 7) is 5.68. The van der Waals surface area contributed by atoms with Crippen molar-refractivity contribution >= 4 is 11.6 Å². The van der Waals surface area contributed by atoms with E-state index in [0.29, 0.717) is 17.2 Å². The highest BCUT2D eigenvalue weighted by Gasteiger charge is 2.09. The molecule has 0 aliphatic carbocycles. The Morgan fingerprint density at radius 1 is 1.57 bits per heavy atom. The minimum absolute atomic E-state index is 0.139. The Balaban J connectivity index is 3.15. The number of phenols is 1. The van der Waals surface area contributed by atoms with Gasteiger partial charge in [0.2, 0.25) is 0 Å². The van der Waals surface area contributed by atoms with Crippen LogP contribution < -0.4 is 4.74 Å². The number of ether oxygens (including phenoxy) is 1. The van der Waals surface area contributed by atoms with Crippen LogP contribution in [0.1, 0.15) is 12.5 Å². The molecule has 14 heavy (non-hydrogen) atoms. The summed E-state index contributed by atoms with van der Waals surface area (Å²) in [7, 11) is 1.50. The predicted octanol–water partition coefficient (Wildman–Crippen LogP) is 3.17.